The molecule has 1 nitrogen and oxygen atoms in total. The predicted molar refractivity (Wildman–Crippen MR) is 104 cm³/mol. The van der Waals surface area contributed by atoms with Crippen molar-refractivity contribution in [3.8, 4) is 11.1 Å². The molecular weight excluding hydrogens is 366 g/mol. The standard InChI is InChI=1S/C23H15F4N/c24-21-14-17(23(25,26)27)10-13-22(21)28-18-11-8-16(9-12-18)20-7-3-5-15-4-1-2-6-19(15)20/h1-14,28H. The minimum Gasteiger partial charge on any atom is -0.353 e. The van der Waals surface area contributed by atoms with E-state index in [4.69, 9.17) is 0 Å². The molecule has 0 saturated heterocycles. The Balaban J connectivity index is 1.60. The van der Waals surface area contributed by atoms with Crippen LogP contribution in [0, 0.1) is 5.82 Å². The third-order valence-corrected chi connectivity index (χ3v) is 4.56. The van der Waals surface area contributed by atoms with E-state index in [0.717, 1.165) is 34.0 Å². The molecule has 4 aromatic carbocycles. The zero-order valence-electron chi connectivity index (χ0n) is 14.6. The van der Waals surface area contributed by atoms with Crippen molar-refractivity contribution < 1.29 is 17.6 Å². The van der Waals surface area contributed by atoms with Crippen LogP contribution in [-0.2, 0) is 6.18 Å². The van der Waals surface area contributed by atoms with Gasteiger partial charge in [0.2, 0.25) is 0 Å². The van der Waals surface area contributed by atoms with Gasteiger partial charge >= 0.3 is 6.18 Å². The second-order valence-corrected chi connectivity index (χ2v) is 6.42. The average Bonchev–Trinajstić information content (AvgIpc) is 2.69. The highest BCUT2D eigenvalue weighted by molar-refractivity contribution is 5.96. The molecule has 0 aromatic heterocycles. The van der Waals surface area contributed by atoms with Crippen molar-refractivity contribution >= 4 is 22.1 Å². The van der Waals surface area contributed by atoms with Crippen LogP contribution >= 0.6 is 0 Å². The highest BCUT2D eigenvalue weighted by atomic mass is 19.4. The van der Waals surface area contributed by atoms with Crippen LogP contribution < -0.4 is 5.32 Å². The van der Waals surface area contributed by atoms with Crippen molar-refractivity contribution in [1.29, 1.82) is 0 Å². The van der Waals surface area contributed by atoms with E-state index in [2.05, 4.69) is 11.4 Å². The second kappa shape index (κ2) is 7.00. The van der Waals surface area contributed by atoms with Gasteiger partial charge in [0.1, 0.15) is 5.82 Å². The van der Waals surface area contributed by atoms with Gasteiger partial charge in [-0.05, 0) is 52.2 Å². The normalized spacial score (nSPS) is 11.6. The van der Waals surface area contributed by atoms with E-state index in [9.17, 15) is 17.6 Å². The molecule has 0 bridgehead atoms. The molecule has 1 N–H and O–H groups in total. The number of rotatable bonds is 3. The summed E-state index contributed by atoms with van der Waals surface area (Å²) in [4.78, 5) is 0. The monoisotopic (exact) mass is 381 g/mol. The minimum absolute atomic E-state index is 0.00842. The summed E-state index contributed by atoms with van der Waals surface area (Å²) in [6, 6.07) is 23.9. The van der Waals surface area contributed by atoms with Gasteiger partial charge < -0.3 is 5.32 Å². The SMILES string of the molecule is Fc1cc(C(F)(F)F)ccc1Nc1ccc(-c2cccc3ccccc23)cc1. The Morgan fingerprint density at radius 2 is 1.43 bits per heavy atom. The number of halogens is 4. The Morgan fingerprint density at radius 3 is 2.14 bits per heavy atom. The fraction of sp³-hybridized carbons (Fsp3) is 0.0435. The van der Waals surface area contributed by atoms with Crippen LogP contribution in [0.4, 0.5) is 28.9 Å². The highest BCUT2D eigenvalue weighted by Crippen LogP contribution is 2.33. The maximum Gasteiger partial charge on any atom is 0.416 e. The van der Waals surface area contributed by atoms with Gasteiger partial charge in [0, 0.05) is 5.69 Å². The molecule has 5 heteroatoms. The average molecular weight is 381 g/mol. The van der Waals surface area contributed by atoms with Crippen molar-refractivity contribution in [1.82, 2.24) is 0 Å². The zero-order chi connectivity index (χ0) is 19.7. The van der Waals surface area contributed by atoms with Gasteiger partial charge in [0.05, 0.1) is 11.3 Å². The van der Waals surface area contributed by atoms with E-state index in [1.54, 1.807) is 12.1 Å². The molecule has 0 amide bonds. The Morgan fingerprint density at radius 1 is 0.714 bits per heavy atom. The van der Waals surface area contributed by atoms with Gasteiger partial charge in [-0.2, -0.15) is 13.2 Å². The summed E-state index contributed by atoms with van der Waals surface area (Å²) in [5.74, 6) is -0.951. The number of nitrogens with one attached hydrogen (secondary N) is 1. The van der Waals surface area contributed by atoms with Crippen LogP contribution in [0.25, 0.3) is 21.9 Å². The summed E-state index contributed by atoms with van der Waals surface area (Å²) in [6.45, 7) is 0. The molecule has 4 rings (SSSR count). The van der Waals surface area contributed by atoms with Crippen LogP contribution in [0.5, 0.6) is 0 Å². The lowest BCUT2D eigenvalue weighted by atomic mass is 9.98. The first-order chi connectivity index (χ1) is 13.4. The molecule has 0 atom stereocenters. The lowest BCUT2D eigenvalue weighted by Gasteiger charge is -2.12. The first-order valence-electron chi connectivity index (χ1n) is 8.64. The third kappa shape index (κ3) is 3.56. The number of hydrogen-bond donors (Lipinski definition) is 1. The van der Waals surface area contributed by atoms with E-state index >= 15 is 0 Å². The molecule has 0 aliphatic rings. The van der Waals surface area contributed by atoms with E-state index in [1.165, 1.54) is 0 Å². The number of benzene rings is 4. The summed E-state index contributed by atoms with van der Waals surface area (Å²) >= 11 is 0. The quantitative estimate of drug-likeness (QED) is 0.364. The second-order valence-electron chi connectivity index (χ2n) is 6.42. The summed E-state index contributed by atoms with van der Waals surface area (Å²) in [5, 5.41) is 5.08. The molecule has 0 fully saturated rings. The number of fused-ring (bicyclic) bond motifs is 1. The molecule has 0 saturated carbocycles. The summed E-state index contributed by atoms with van der Waals surface area (Å²) in [5.41, 5.74) is 1.64. The Kier molecular flexibility index (Phi) is 4.51. The molecule has 0 spiro atoms. The smallest absolute Gasteiger partial charge is 0.353 e. The largest absolute Gasteiger partial charge is 0.416 e. The fourth-order valence-electron chi connectivity index (χ4n) is 3.16. The molecule has 0 unspecified atom stereocenters. The van der Waals surface area contributed by atoms with E-state index < -0.39 is 17.6 Å². The topological polar surface area (TPSA) is 12.0 Å². The van der Waals surface area contributed by atoms with Gasteiger partial charge in [-0.25, -0.2) is 4.39 Å². The van der Waals surface area contributed by atoms with Crippen molar-refractivity contribution in [2.45, 2.75) is 6.18 Å². The molecule has 0 aliphatic carbocycles. The Labute approximate surface area is 159 Å². The van der Waals surface area contributed by atoms with Crippen LogP contribution in [-0.4, -0.2) is 0 Å². The van der Waals surface area contributed by atoms with Crippen LogP contribution in [0.15, 0.2) is 84.9 Å². The van der Waals surface area contributed by atoms with Gasteiger partial charge in [-0.1, -0.05) is 54.6 Å². The Bertz CT molecular complexity index is 1130. The maximum atomic E-state index is 14.0. The van der Waals surface area contributed by atoms with Crippen molar-refractivity contribution in [3.63, 3.8) is 0 Å². The predicted octanol–water partition coefficient (Wildman–Crippen LogP) is 7.41. The fourth-order valence-corrected chi connectivity index (χ4v) is 3.16. The number of anilines is 2. The third-order valence-electron chi connectivity index (χ3n) is 4.56. The minimum atomic E-state index is -4.57. The number of alkyl halides is 3. The lowest BCUT2D eigenvalue weighted by molar-refractivity contribution is -0.137. The molecule has 0 heterocycles. The highest BCUT2D eigenvalue weighted by Gasteiger charge is 2.31. The van der Waals surface area contributed by atoms with Crippen molar-refractivity contribution in [2.24, 2.45) is 0 Å². The van der Waals surface area contributed by atoms with E-state index in [-0.39, 0.29) is 5.69 Å². The van der Waals surface area contributed by atoms with Gasteiger partial charge in [-0.3, -0.25) is 0 Å². The summed E-state index contributed by atoms with van der Waals surface area (Å²) in [7, 11) is 0. The first-order valence-corrected chi connectivity index (χ1v) is 8.64. The summed E-state index contributed by atoms with van der Waals surface area (Å²) < 4.78 is 52.0. The van der Waals surface area contributed by atoms with Gasteiger partial charge in [0.25, 0.3) is 0 Å². The van der Waals surface area contributed by atoms with Gasteiger partial charge in [-0.15, -0.1) is 0 Å². The van der Waals surface area contributed by atoms with Crippen LogP contribution in [0.1, 0.15) is 5.56 Å². The van der Waals surface area contributed by atoms with E-state index in [0.29, 0.717) is 11.8 Å². The molecule has 0 radical (unpaired) electrons. The van der Waals surface area contributed by atoms with Crippen LogP contribution in [0.3, 0.4) is 0 Å². The first kappa shape index (κ1) is 18.0. The molecular formula is C23H15F4N. The van der Waals surface area contributed by atoms with Crippen molar-refractivity contribution in [2.75, 3.05) is 5.32 Å². The van der Waals surface area contributed by atoms with Crippen molar-refractivity contribution in [3.05, 3.63) is 96.3 Å². The molecule has 28 heavy (non-hydrogen) atoms. The molecule has 140 valence electrons. The Hall–Kier alpha value is -3.34. The van der Waals surface area contributed by atoms with Gasteiger partial charge in [0.15, 0.2) is 0 Å². The van der Waals surface area contributed by atoms with Crippen LogP contribution in [0.2, 0.25) is 0 Å². The molecule has 0 aliphatic heterocycles. The lowest BCUT2D eigenvalue weighted by Crippen LogP contribution is -2.06. The zero-order valence-corrected chi connectivity index (χ0v) is 14.6. The summed E-state index contributed by atoms with van der Waals surface area (Å²) in [6.07, 6.45) is -4.57. The van der Waals surface area contributed by atoms with E-state index in [1.807, 2.05) is 48.5 Å². The maximum absolute atomic E-state index is 14.0. The number of hydrogen-bond acceptors (Lipinski definition) is 1. The molecule has 4 aromatic rings.